The predicted octanol–water partition coefficient (Wildman–Crippen LogP) is 3.69. The lowest BCUT2D eigenvalue weighted by Crippen LogP contribution is -2.35. The van der Waals surface area contributed by atoms with Gasteiger partial charge in [-0.2, -0.15) is 0 Å². The SMILES string of the molecule is CCNC(=O)c1cn(C2CCCC2)cc(C(=O)NCc2csc(Cc3ccccc3)n2)c1=O. The summed E-state index contributed by atoms with van der Waals surface area (Å²) >= 11 is 1.54. The third-order valence-electron chi connectivity index (χ3n) is 5.85. The van der Waals surface area contributed by atoms with Gasteiger partial charge in [0, 0.05) is 36.8 Å². The Labute approximate surface area is 196 Å². The average molecular weight is 465 g/mol. The lowest BCUT2D eigenvalue weighted by atomic mass is 10.1. The second-order valence-corrected chi connectivity index (χ2v) is 9.18. The van der Waals surface area contributed by atoms with Crippen molar-refractivity contribution in [1.29, 1.82) is 0 Å². The zero-order chi connectivity index (χ0) is 23.2. The molecule has 1 fully saturated rings. The first kappa shape index (κ1) is 22.9. The summed E-state index contributed by atoms with van der Waals surface area (Å²) in [6, 6.07) is 10.3. The van der Waals surface area contributed by atoms with Gasteiger partial charge in [-0.05, 0) is 25.3 Å². The van der Waals surface area contributed by atoms with Gasteiger partial charge in [-0.1, -0.05) is 43.2 Å². The van der Waals surface area contributed by atoms with Crippen molar-refractivity contribution in [2.45, 2.75) is 51.6 Å². The van der Waals surface area contributed by atoms with Crippen molar-refractivity contribution >= 4 is 23.2 Å². The first-order chi connectivity index (χ1) is 16.0. The van der Waals surface area contributed by atoms with E-state index in [1.807, 2.05) is 28.1 Å². The molecule has 2 amide bonds. The third kappa shape index (κ3) is 5.57. The molecule has 0 atom stereocenters. The standard InChI is InChI=1S/C25H28N4O3S/c1-2-26-24(31)20-14-29(19-10-6-7-11-19)15-21(23(20)30)25(32)27-13-18-16-33-22(28-18)12-17-8-4-3-5-9-17/h3-5,8-9,14-16,19H,2,6-7,10-13H2,1H3,(H,26,31)(H,27,32). The molecule has 4 rings (SSSR count). The number of thiazole rings is 1. The molecular formula is C25H28N4O3S. The summed E-state index contributed by atoms with van der Waals surface area (Å²) in [5.74, 6) is -0.940. The van der Waals surface area contributed by atoms with Crippen LogP contribution in [0.3, 0.4) is 0 Å². The average Bonchev–Trinajstić information content (AvgIpc) is 3.51. The molecule has 1 aliphatic rings. The van der Waals surface area contributed by atoms with E-state index in [9.17, 15) is 14.4 Å². The summed E-state index contributed by atoms with van der Waals surface area (Å²) in [5.41, 5.74) is 1.38. The molecule has 0 radical (unpaired) electrons. The van der Waals surface area contributed by atoms with Crippen LogP contribution in [-0.2, 0) is 13.0 Å². The maximum Gasteiger partial charge on any atom is 0.257 e. The Hall–Kier alpha value is -3.26. The minimum Gasteiger partial charge on any atom is -0.352 e. The normalized spacial score (nSPS) is 13.7. The molecule has 1 saturated carbocycles. The summed E-state index contributed by atoms with van der Waals surface area (Å²) in [7, 11) is 0. The molecule has 1 aromatic carbocycles. The van der Waals surface area contributed by atoms with Gasteiger partial charge in [-0.15, -0.1) is 11.3 Å². The van der Waals surface area contributed by atoms with Gasteiger partial charge in [0.1, 0.15) is 11.1 Å². The van der Waals surface area contributed by atoms with Crippen LogP contribution in [0.2, 0.25) is 0 Å². The van der Waals surface area contributed by atoms with E-state index >= 15 is 0 Å². The van der Waals surface area contributed by atoms with Gasteiger partial charge in [-0.3, -0.25) is 14.4 Å². The third-order valence-corrected chi connectivity index (χ3v) is 6.74. The van der Waals surface area contributed by atoms with Gasteiger partial charge in [0.15, 0.2) is 0 Å². The number of carbonyl (C=O) groups excluding carboxylic acids is 2. The number of nitrogens with one attached hydrogen (secondary N) is 2. The van der Waals surface area contributed by atoms with Crippen molar-refractivity contribution in [1.82, 2.24) is 20.2 Å². The van der Waals surface area contributed by atoms with Gasteiger partial charge in [0.2, 0.25) is 5.43 Å². The van der Waals surface area contributed by atoms with Crippen molar-refractivity contribution in [2.24, 2.45) is 0 Å². The zero-order valence-corrected chi connectivity index (χ0v) is 19.5. The largest absolute Gasteiger partial charge is 0.352 e. The predicted molar refractivity (Wildman–Crippen MR) is 129 cm³/mol. The van der Waals surface area contributed by atoms with E-state index in [1.54, 1.807) is 30.7 Å². The molecule has 33 heavy (non-hydrogen) atoms. The van der Waals surface area contributed by atoms with Crippen LogP contribution in [-0.4, -0.2) is 27.9 Å². The van der Waals surface area contributed by atoms with Gasteiger partial charge in [0.05, 0.1) is 17.2 Å². The fraction of sp³-hybridized carbons (Fsp3) is 0.360. The van der Waals surface area contributed by atoms with Crippen LogP contribution >= 0.6 is 11.3 Å². The molecule has 2 N–H and O–H groups in total. The molecule has 0 aliphatic heterocycles. The number of nitrogens with zero attached hydrogens (tertiary/aromatic N) is 2. The quantitative estimate of drug-likeness (QED) is 0.532. The Morgan fingerprint density at radius 3 is 2.39 bits per heavy atom. The van der Waals surface area contributed by atoms with Gasteiger partial charge in [-0.25, -0.2) is 4.98 Å². The Balaban J connectivity index is 1.50. The van der Waals surface area contributed by atoms with Crippen LogP contribution < -0.4 is 16.1 Å². The smallest absolute Gasteiger partial charge is 0.257 e. The highest BCUT2D eigenvalue weighted by Gasteiger charge is 2.23. The number of benzene rings is 1. The Morgan fingerprint density at radius 1 is 1.06 bits per heavy atom. The lowest BCUT2D eigenvalue weighted by Gasteiger charge is -2.17. The first-order valence-electron chi connectivity index (χ1n) is 11.3. The number of hydrogen-bond donors (Lipinski definition) is 2. The van der Waals surface area contributed by atoms with Gasteiger partial charge < -0.3 is 15.2 Å². The summed E-state index contributed by atoms with van der Waals surface area (Å²) in [5, 5.41) is 8.37. The second kappa shape index (κ2) is 10.6. The van der Waals surface area contributed by atoms with Crippen LogP contribution in [0.5, 0.6) is 0 Å². The summed E-state index contributed by atoms with van der Waals surface area (Å²) < 4.78 is 1.87. The molecular weight excluding hydrogens is 436 g/mol. The van der Waals surface area contributed by atoms with Crippen molar-refractivity contribution < 1.29 is 9.59 Å². The summed E-state index contributed by atoms with van der Waals surface area (Å²) in [6.07, 6.45) is 8.08. The Bertz CT molecular complexity index is 1180. The van der Waals surface area contributed by atoms with E-state index in [-0.39, 0.29) is 23.7 Å². The van der Waals surface area contributed by atoms with Crippen LogP contribution in [0.25, 0.3) is 0 Å². The monoisotopic (exact) mass is 464 g/mol. The molecule has 0 unspecified atom stereocenters. The molecule has 7 nitrogen and oxygen atoms in total. The Morgan fingerprint density at radius 2 is 1.73 bits per heavy atom. The van der Waals surface area contributed by atoms with Crippen LogP contribution in [0.4, 0.5) is 0 Å². The highest BCUT2D eigenvalue weighted by molar-refractivity contribution is 7.09. The fourth-order valence-electron chi connectivity index (χ4n) is 4.14. The number of hydrogen-bond acceptors (Lipinski definition) is 5. The number of pyridine rings is 1. The summed E-state index contributed by atoms with van der Waals surface area (Å²) in [4.78, 5) is 43.0. The van der Waals surface area contributed by atoms with Crippen LogP contribution in [0, 0.1) is 0 Å². The number of rotatable bonds is 8. The topological polar surface area (TPSA) is 93.1 Å². The van der Waals surface area contributed by atoms with Crippen molar-refractivity contribution in [3.8, 4) is 0 Å². The van der Waals surface area contributed by atoms with E-state index in [0.717, 1.165) is 42.8 Å². The lowest BCUT2D eigenvalue weighted by molar-refractivity contribution is 0.0948. The van der Waals surface area contributed by atoms with E-state index in [4.69, 9.17) is 0 Å². The van der Waals surface area contributed by atoms with E-state index in [0.29, 0.717) is 6.54 Å². The van der Waals surface area contributed by atoms with Crippen LogP contribution in [0.15, 0.2) is 52.9 Å². The second-order valence-electron chi connectivity index (χ2n) is 8.24. The van der Waals surface area contributed by atoms with Crippen LogP contribution in [0.1, 0.15) is 75.6 Å². The zero-order valence-electron chi connectivity index (χ0n) is 18.7. The molecule has 1 aliphatic carbocycles. The molecule has 3 aromatic rings. The maximum absolute atomic E-state index is 13.0. The molecule has 2 heterocycles. The fourth-order valence-corrected chi connectivity index (χ4v) is 4.97. The molecule has 0 spiro atoms. The van der Waals surface area contributed by atoms with Crippen molar-refractivity contribution in [3.05, 3.63) is 85.7 Å². The molecule has 2 aromatic heterocycles. The highest BCUT2D eigenvalue weighted by Crippen LogP contribution is 2.29. The Kier molecular flexibility index (Phi) is 7.34. The van der Waals surface area contributed by atoms with Gasteiger partial charge >= 0.3 is 0 Å². The number of carbonyl (C=O) groups is 2. The van der Waals surface area contributed by atoms with Gasteiger partial charge in [0.25, 0.3) is 11.8 Å². The minimum absolute atomic E-state index is 0.00890. The molecule has 8 heteroatoms. The maximum atomic E-state index is 13.0. The summed E-state index contributed by atoms with van der Waals surface area (Å²) in [6.45, 7) is 2.43. The number of aromatic nitrogens is 2. The first-order valence-corrected chi connectivity index (χ1v) is 12.2. The molecule has 0 saturated heterocycles. The van der Waals surface area contributed by atoms with Crippen molar-refractivity contribution in [3.63, 3.8) is 0 Å². The van der Waals surface area contributed by atoms with E-state index in [1.165, 1.54) is 5.56 Å². The molecule has 172 valence electrons. The minimum atomic E-state index is -0.546. The van der Waals surface area contributed by atoms with Crippen molar-refractivity contribution in [2.75, 3.05) is 6.54 Å². The highest BCUT2D eigenvalue weighted by atomic mass is 32.1. The molecule has 0 bridgehead atoms. The van der Waals surface area contributed by atoms with E-state index < -0.39 is 17.2 Å². The number of amides is 2. The van der Waals surface area contributed by atoms with E-state index in [2.05, 4.69) is 27.8 Å².